The third kappa shape index (κ3) is 3.74. The molecule has 0 spiro atoms. The second-order valence-corrected chi connectivity index (χ2v) is 7.04. The summed E-state index contributed by atoms with van der Waals surface area (Å²) in [4.78, 5) is 27.8. The van der Waals surface area contributed by atoms with Gasteiger partial charge in [-0.25, -0.2) is 0 Å². The summed E-state index contributed by atoms with van der Waals surface area (Å²) < 4.78 is 10.4. The summed E-state index contributed by atoms with van der Waals surface area (Å²) in [5, 5.41) is 12.3. The molecule has 2 aromatic rings. The third-order valence-electron chi connectivity index (χ3n) is 4.45. The van der Waals surface area contributed by atoms with Gasteiger partial charge in [-0.2, -0.15) is 0 Å². The number of amides is 1. The van der Waals surface area contributed by atoms with E-state index in [2.05, 4.69) is 0 Å². The molecular weight excluding hydrogens is 366 g/mol. The standard InChI is InChI=1S/C20H21NO5S/c1-25-10-5-9-21-17(13-6-3-7-14(12-13)26-2)16(19(23)20(21)24)18(22)15-8-4-11-27-15/h3-4,6-8,11-12,17,23H,5,9-10H2,1-2H3/t17-/m1/s1. The lowest BCUT2D eigenvalue weighted by molar-refractivity contribution is -0.129. The number of hydrogen-bond donors (Lipinski definition) is 1. The Hall–Kier alpha value is -2.64. The molecule has 1 aliphatic heterocycles. The van der Waals surface area contributed by atoms with E-state index in [4.69, 9.17) is 9.47 Å². The van der Waals surface area contributed by atoms with E-state index >= 15 is 0 Å². The molecule has 0 radical (unpaired) electrons. The van der Waals surface area contributed by atoms with Crippen molar-refractivity contribution in [3.8, 4) is 5.75 Å². The number of aliphatic hydroxyl groups is 1. The summed E-state index contributed by atoms with van der Waals surface area (Å²) in [6.07, 6.45) is 0.594. The summed E-state index contributed by atoms with van der Waals surface area (Å²) in [5.74, 6) is -0.749. The van der Waals surface area contributed by atoms with E-state index in [-0.39, 0.29) is 11.4 Å². The van der Waals surface area contributed by atoms with Crippen molar-refractivity contribution in [3.05, 3.63) is 63.6 Å². The molecule has 0 unspecified atom stereocenters. The van der Waals surface area contributed by atoms with E-state index in [1.54, 1.807) is 49.9 Å². The first kappa shape index (κ1) is 19.1. The summed E-state index contributed by atoms with van der Waals surface area (Å²) >= 11 is 1.28. The molecular formula is C20H21NO5S. The second-order valence-electron chi connectivity index (χ2n) is 6.09. The van der Waals surface area contributed by atoms with Crippen LogP contribution in [0, 0.1) is 0 Å². The summed E-state index contributed by atoms with van der Waals surface area (Å²) in [5.41, 5.74) is 0.817. The Kier molecular flexibility index (Phi) is 5.93. The van der Waals surface area contributed by atoms with Crippen molar-refractivity contribution in [2.45, 2.75) is 12.5 Å². The number of carbonyl (C=O) groups is 2. The van der Waals surface area contributed by atoms with Crippen molar-refractivity contribution in [3.63, 3.8) is 0 Å². The zero-order valence-electron chi connectivity index (χ0n) is 15.2. The molecule has 0 aliphatic carbocycles. The van der Waals surface area contributed by atoms with Crippen LogP contribution in [0.15, 0.2) is 53.1 Å². The SMILES string of the molecule is COCCCN1C(=O)C(O)=C(C(=O)c2cccs2)[C@H]1c1cccc(OC)c1. The van der Waals surface area contributed by atoms with E-state index in [1.807, 2.05) is 6.07 Å². The highest BCUT2D eigenvalue weighted by molar-refractivity contribution is 7.12. The molecule has 1 aromatic heterocycles. The van der Waals surface area contributed by atoms with Gasteiger partial charge in [-0.3, -0.25) is 9.59 Å². The molecule has 142 valence electrons. The number of thiophene rings is 1. The third-order valence-corrected chi connectivity index (χ3v) is 5.32. The fourth-order valence-corrected chi connectivity index (χ4v) is 3.87. The zero-order chi connectivity index (χ0) is 19.4. The van der Waals surface area contributed by atoms with Crippen molar-refractivity contribution >= 4 is 23.0 Å². The average Bonchev–Trinajstić information content (AvgIpc) is 3.30. The Morgan fingerprint density at radius 1 is 1.26 bits per heavy atom. The van der Waals surface area contributed by atoms with Gasteiger partial charge in [-0.05, 0) is 35.6 Å². The van der Waals surface area contributed by atoms with E-state index in [9.17, 15) is 14.7 Å². The average molecular weight is 387 g/mol. The first-order valence-electron chi connectivity index (χ1n) is 8.53. The van der Waals surface area contributed by atoms with Crippen LogP contribution in [0.25, 0.3) is 0 Å². The first-order chi connectivity index (χ1) is 13.1. The molecule has 6 nitrogen and oxygen atoms in total. The van der Waals surface area contributed by atoms with Gasteiger partial charge >= 0.3 is 0 Å². The van der Waals surface area contributed by atoms with E-state index in [0.717, 1.165) is 0 Å². The van der Waals surface area contributed by atoms with Crippen molar-refractivity contribution in [2.75, 3.05) is 27.4 Å². The normalized spacial score (nSPS) is 16.9. The minimum atomic E-state index is -0.668. The Bertz CT molecular complexity index is 859. The highest BCUT2D eigenvalue weighted by Gasteiger charge is 2.43. The van der Waals surface area contributed by atoms with E-state index in [0.29, 0.717) is 35.8 Å². The predicted octanol–water partition coefficient (Wildman–Crippen LogP) is 3.37. The van der Waals surface area contributed by atoms with E-state index < -0.39 is 17.7 Å². The molecule has 1 N–H and O–H groups in total. The minimum absolute atomic E-state index is 0.105. The number of ether oxygens (including phenoxy) is 2. The van der Waals surface area contributed by atoms with Crippen LogP contribution in [-0.2, 0) is 9.53 Å². The lowest BCUT2D eigenvalue weighted by atomic mass is 9.95. The lowest BCUT2D eigenvalue weighted by Crippen LogP contribution is -2.32. The van der Waals surface area contributed by atoms with Crippen LogP contribution in [0.1, 0.15) is 27.7 Å². The number of aliphatic hydroxyl groups excluding tert-OH is 1. The molecule has 3 rings (SSSR count). The molecule has 0 fully saturated rings. The first-order valence-corrected chi connectivity index (χ1v) is 9.41. The Labute approximate surface area is 161 Å². The van der Waals surface area contributed by atoms with Crippen LogP contribution < -0.4 is 4.74 Å². The van der Waals surface area contributed by atoms with E-state index in [1.165, 1.54) is 16.2 Å². The second kappa shape index (κ2) is 8.37. The zero-order valence-corrected chi connectivity index (χ0v) is 16.0. The Morgan fingerprint density at radius 2 is 2.07 bits per heavy atom. The summed E-state index contributed by atoms with van der Waals surface area (Å²) in [7, 11) is 3.15. The molecule has 1 aromatic carbocycles. The molecule has 7 heteroatoms. The molecule has 1 amide bonds. The molecule has 0 saturated carbocycles. The van der Waals surface area contributed by atoms with Crippen LogP contribution >= 0.6 is 11.3 Å². The summed E-state index contributed by atoms with van der Waals surface area (Å²) in [6, 6.07) is 9.98. The molecule has 1 atom stereocenters. The van der Waals surface area contributed by atoms with Crippen LogP contribution in [-0.4, -0.2) is 49.1 Å². The van der Waals surface area contributed by atoms with Crippen molar-refractivity contribution < 1.29 is 24.2 Å². The largest absolute Gasteiger partial charge is 0.503 e. The molecule has 27 heavy (non-hydrogen) atoms. The van der Waals surface area contributed by atoms with Gasteiger partial charge in [-0.15, -0.1) is 11.3 Å². The highest BCUT2D eigenvalue weighted by atomic mass is 32.1. The quantitative estimate of drug-likeness (QED) is 0.555. The number of nitrogens with zero attached hydrogens (tertiary/aromatic N) is 1. The number of Topliss-reactive ketones (excluding diaryl/α,β-unsaturated/α-hetero) is 1. The number of rotatable bonds is 8. The number of ketones is 1. The van der Waals surface area contributed by atoms with Crippen molar-refractivity contribution in [2.24, 2.45) is 0 Å². The summed E-state index contributed by atoms with van der Waals surface area (Å²) in [6.45, 7) is 0.837. The van der Waals surface area contributed by atoms with Crippen molar-refractivity contribution in [1.82, 2.24) is 4.90 Å². The van der Waals surface area contributed by atoms with Gasteiger partial charge in [0.2, 0.25) is 5.78 Å². The number of hydrogen-bond acceptors (Lipinski definition) is 6. The van der Waals surface area contributed by atoms with Gasteiger partial charge in [0.1, 0.15) is 5.75 Å². The topological polar surface area (TPSA) is 76.1 Å². The number of carbonyl (C=O) groups excluding carboxylic acids is 2. The van der Waals surface area contributed by atoms with Gasteiger partial charge < -0.3 is 19.5 Å². The molecule has 0 saturated heterocycles. The fourth-order valence-electron chi connectivity index (χ4n) is 3.19. The van der Waals surface area contributed by atoms with Crippen LogP contribution in [0.3, 0.4) is 0 Å². The monoisotopic (exact) mass is 387 g/mol. The Morgan fingerprint density at radius 3 is 2.74 bits per heavy atom. The molecule has 2 heterocycles. The maximum absolute atomic E-state index is 13.0. The van der Waals surface area contributed by atoms with Gasteiger partial charge in [0.05, 0.1) is 23.6 Å². The predicted molar refractivity (Wildman–Crippen MR) is 102 cm³/mol. The van der Waals surface area contributed by atoms with Gasteiger partial charge in [-0.1, -0.05) is 18.2 Å². The van der Waals surface area contributed by atoms with Gasteiger partial charge in [0, 0.05) is 20.3 Å². The Balaban J connectivity index is 2.04. The van der Waals surface area contributed by atoms with Gasteiger partial charge in [0.25, 0.3) is 5.91 Å². The molecule has 0 bridgehead atoms. The lowest BCUT2D eigenvalue weighted by Gasteiger charge is -2.27. The maximum atomic E-state index is 13.0. The van der Waals surface area contributed by atoms with Crippen LogP contribution in [0.5, 0.6) is 5.75 Å². The number of methoxy groups -OCH3 is 2. The smallest absolute Gasteiger partial charge is 0.290 e. The molecule has 1 aliphatic rings. The fraction of sp³-hybridized carbons (Fsp3) is 0.300. The minimum Gasteiger partial charge on any atom is -0.503 e. The number of benzene rings is 1. The maximum Gasteiger partial charge on any atom is 0.290 e. The van der Waals surface area contributed by atoms with Crippen LogP contribution in [0.2, 0.25) is 0 Å². The van der Waals surface area contributed by atoms with Crippen LogP contribution in [0.4, 0.5) is 0 Å². The van der Waals surface area contributed by atoms with Gasteiger partial charge in [0.15, 0.2) is 5.76 Å². The van der Waals surface area contributed by atoms with Crippen molar-refractivity contribution in [1.29, 1.82) is 0 Å². The highest BCUT2D eigenvalue weighted by Crippen LogP contribution is 2.40.